The van der Waals surface area contributed by atoms with Crippen molar-refractivity contribution < 1.29 is 14.3 Å². The van der Waals surface area contributed by atoms with Crippen molar-refractivity contribution in [2.75, 3.05) is 18.2 Å². The van der Waals surface area contributed by atoms with E-state index in [1.807, 2.05) is 67.8 Å². The highest BCUT2D eigenvalue weighted by Crippen LogP contribution is 2.28. The lowest BCUT2D eigenvalue weighted by Crippen LogP contribution is -2.16. The molecule has 170 valence electrons. The largest absolute Gasteiger partial charge is 0.497 e. The molecule has 0 saturated heterocycles. The van der Waals surface area contributed by atoms with Crippen molar-refractivity contribution in [2.24, 2.45) is 0 Å². The molecule has 32 heavy (non-hydrogen) atoms. The third-order valence-electron chi connectivity index (χ3n) is 5.07. The summed E-state index contributed by atoms with van der Waals surface area (Å²) < 4.78 is 13.3. The maximum absolute atomic E-state index is 12.5. The molecule has 2 aromatic carbocycles. The lowest BCUT2D eigenvalue weighted by atomic mass is 10.1. The normalized spacial score (nSPS) is 12.0. The number of carbonyl (C=O) groups is 1. The van der Waals surface area contributed by atoms with Crippen LogP contribution in [0.25, 0.3) is 0 Å². The van der Waals surface area contributed by atoms with Crippen molar-refractivity contribution in [2.45, 2.75) is 51.9 Å². The first-order valence-electron chi connectivity index (χ1n) is 10.5. The number of methoxy groups -OCH3 is 1. The number of carbonyl (C=O) groups excluding carboxylic acids is 1. The Labute approximate surface area is 193 Å². The Morgan fingerprint density at radius 2 is 1.72 bits per heavy atom. The minimum absolute atomic E-state index is 0.0827. The zero-order valence-electron chi connectivity index (χ0n) is 19.4. The van der Waals surface area contributed by atoms with Gasteiger partial charge in [-0.1, -0.05) is 17.8 Å². The molecular formula is C24H30N4O3S. The molecule has 3 aromatic rings. The van der Waals surface area contributed by atoms with Crippen LogP contribution in [-0.4, -0.2) is 33.5 Å². The van der Waals surface area contributed by atoms with Gasteiger partial charge in [0, 0.05) is 11.7 Å². The van der Waals surface area contributed by atoms with Crippen LogP contribution in [0.15, 0.2) is 47.6 Å². The zero-order chi connectivity index (χ0) is 23.3. The Hall–Kier alpha value is -3.00. The molecule has 8 heteroatoms. The van der Waals surface area contributed by atoms with E-state index in [4.69, 9.17) is 9.47 Å². The molecule has 1 N–H and O–H groups in total. The molecule has 1 atom stereocenters. The highest BCUT2D eigenvalue weighted by molar-refractivity contribution is 7.99. The number of hydrogen-bond acceptors (Lipinski definition) is 6. The smallest absolute Gasteiger partial charge is 0.234 e. The summed E-state index contributed by atoms with van der Waals surface area (Å²) in [5.41, 5.74) is 3.14. The number of thioether (sulfide) groups is 1. The minimum atomic E-state index is -0.308. The van der Waals surface area contributed by atoms with Crippen LogP contribution in [0, 0.1) is 13.8 Å². The quantitative estimate of drug-likeness (QED) is 0.439. The maximum atomic E-state index is 12.5. The van der Waals surface area contributed by atoms with Crippen molar-refractivity contribution >= 4 is 23.4 Å². The van der Waals surface area contributed by atoms with Gasteiger partial charge >= 0.3 is 0 Å². The van der Waals surface area contributed by atoms with E-state index < -0.39 is 0 Å². The second kappa shape index (κ2) is 10.5. The van der Waals surface area contributed by atoms with Crippen LogP contribution in [0.2, 0.25) is 0 Å². The number of ether oxygens (including phenoxy) is 2. The van der Waals surface area contributed by atoms with Gasteiger partial charge in [-0.3, -0.25) is 4.79 Å². The molecule has 1 heterocycles. The fourth-order valence-corrected chi connectivity index (χ4v) is 4.08. The predicted molar refractivity (Wildman–Crippen MR) is 128 cm³/mol. The molecule has 0 radical (unpaired) electrons. The van der Waals surface area contributed by atoms with Crippen LogP contribution in [0.3, 0.4) is 0 Å². The molecular weight excluding hydrogens is 424 g/mol. The number of anilines is 1. The molecule has 0 saturated carbocycles. The summed E-state index contributed by atoms with van der Waals surface area (Å²) >= 11 is 1.36. The lowest BCUT2D eigenvalue weighted by Gasteiger charge is -2.19. The molecule has 0 aliphatic carbocycles. The summed E-state index contributed by atoms with van der Waals surface area (Å²) in [5, 5.41) is 12.3. The number of hydrogen-bond donors (Lipinski definition) is 1. The van der Waals surface area contributed by atoms with Gasteiger partial charge in [-0.05, 0) is 82.1 Å². The SMILES string of the molecule is COc1ccc(OC(C)c2nnc(SCC(=O)Nc3ccc(C)c(C)c3)n2C(C)C)cc1. The molecule has 0 fully saturated rings. The van der Waals surface area contributed by atoms with Crippen LogP contribution in [0.1, 0.15) is 49.9 Å². The van der Waals surface area contributed by atoms with E-state index in [0.29, 0.717) is 11.0 Å². The first-order valence-corrected chi connectivity index (χ1v) is 11.5. The number of nitrogens with one attached hydrogen (secondary N) is 1. The van der Waals surface area contributed by atoms with E-state index in [1.165, 1.54) is 17.3 Å². The van der Waals surface area contributed by atoms with E-state index in [1.54, 1.807) is 7.11 Å². The van der Waals surface area contributed by atoms with Crippen LogP contribution >= 0.6 is 11.8 Å². The average Bonchev–Trinajstić information content (AvgIpc) is 3.20. The van der Waals surface area contributed by atoms with E-state index in [2.05, 4.69) is 29.4 Å². The molecule has 0 spiro atoms. The van der Waals surface area contributed by atoms with Gasteiger partial charge in [0.15, 0.2) is 17.1 Å². The Kier molecular flexibility index (Phi) is 7.80. The monoisotopic (exact) mass is 454 g/mol. The summed E-state index contributed by atoms with van der Waals surface area (Å²) in [5.74, 6) is 2.37. The van der Waals surface area contributed by atoms with Crippen LogP contribution in [0.5, 0.6) is 11.5 Å². The predicted octanol–water partition coefficient (Wildman–Crippen LogP) is 5.36. The highest BCUT2D eigenvalue weighted by atomic mass is 32.2. The van der Waals surface area contributed by atoms with E-state index >= 15 is 0 Å². The van der Waals surface area contributed by atoms with E-state index in [9.17, 15) is 4.79 Å². The van der Waals surface area contributed by atoms with Crippen LogP contribution < -0.4 is 14.8 Å². The molecule has 1 aromatic heterocycles. The number of rotatable bonds is 9. The Bertz CT molecular complexity index is 1060. The number of aromatic nitrogens is 3. The topological polar surface area (TPSA) is 78.3 Å². The van der Waals surface area contributed by atoms with Crippen molar-refractivity contribution in [3.63, 3.8) is 0 Å². The summed E-state index contributed by atoms with van der Waals surface area (Å²) in [6.45, 7) is 10.1. The van der Waals surface area contributed by atoms with Gasteiger partial charge in [0.2, 0.25) is 5.91 Å². The number of nitrogens with zero attached hydrogens (tertiary/aromatic N) is 3. The molecule has 7 nitrogen and oxygen atoms in total. The molecule has 0 aliphatic heterocycles. The third-order valence-corrected chi connectivity index (χ3v) is 6.01. The molecule has 1 amide bonds. The number of amides is 1. The molecule has 1 unspecified atom stereocenters. The fourth-order valence-electron chi connectivity index (χ4n) is 3.21. The Morgan fingerprint density at radius 1 is 1.03 bits per heavy atom. The summed E-state index contributed by atoms with van der Waals surface area (Å²) in [6.07, 6.45) is -0.308. The third kappa shape index (κ3) is 5.82. The lowest BCUT2D eigenvalue weighted by molar-refractivity contribution is -0.113. The van der Waals surface area contributed by atoms with Gasteiger partial charge in [-0.25, -0.2) is 0 Å². The summed E-state index contributed by atoms with van der Waals surface area (Å²) in [6, 6.07) is 13.4. The van der Waals surface area contributed by atoms with E-state index in [0.717, 1.165) is 22.7 Å². The van der Waals surface area contributed by atoms with Crippen molar-refractivity contribution in [3.8, 4) is 11.5 Å². The second-order valence-electron chi connectivity index (χ2n) is 7.88. The average molecular weight is 455 g/mol. The van der Waals surface area contributed by atoms with Crippen molar-refractivity contribution in [1.29, 1.82) is 0 Å². The first kappa shape index (κ1) is 23.7. The van der Waals surface area contributed by atoms with Gasteiger partial charge in [-0.15, -0.1) is 10.2 Å². The van der Waals surface area contributed by atoms with Gasteiger partial charge < -0.3 is 19.4 Å². The fraction of sp³-hybridized carbons (Fsp3) is 0.375. The first-order chi connectivity index (χ1) is 15.3. The van der Waals surface area contributed by atoms with Gasteiger partial charge in [-0.2, -0.15) is 0 Å². The maximum Gasteiger partial charge on any atom is 0.234 e. The second-order valence-corrected chi connectivity index (χ2v) is 8.82. The van der Waals surface area contributed by atoms with E-state index in [-0.39, 0.29) is 23.8 Å². The molecule has 0 bridgehead atoms. The van der Waals surface area contributed by atoms with Gasteiger partial charge in [0.25, 0.3) is 0 Å². The van der Waals surface area contributed by atoms with Crippen molar-refractivity contribution in [1.82, 2.24) is 14.8 Å². The summed E-state index contributed by atoms with van der Waals surface area (Å²) in [7, 11) is 1.63. The molecule has 0 aliphatic rings. The van der Waals surface area contributed by atoms with Crippen LogP contribution in [0.4, 0.5) is 5.69 Å². The van der Waals surface area contributed by atoms with Gasteiger partial charge in [0.1, 0.15) is 11.5 Å². The minimum Gasteiger partial charge on any atom is -0.497 e. The van der Waals surface area contributed by atoms with Crippen LogP contribution in [-0.2, 0) is 4.79 Å². The molecule has 3 rings (SSSR count). The highest BCUT2D eigenvalue weighted by Gasteiger charge is 2.22. The summed E-state index contributed by atoms with van der Waals surface area (Å²) in [4.78, 5) is 12.5. The number of aryl methyl sites for hydroxylation is 2. The standard InChI is InChI=1S/C24H30N4O3S/c1-15(2)28-23(18(5)31-21-11-9-20(30-6)10-12-21)26-27-24(28)32-14-22(29)25-19-8-7-16(3)17(4)13-19/h7-13,15,18H,14H2,1-6H3,(H,25,29). The Morgan fingerprint density at radius 3 is 2.34 bits per heavy atom. The zero-order valence-corrected chi connectivity index (χ0v) is 20.2. The number of benzene rings is 2. The van der Waals surface area contributed by atoms with Crippen molar-refractivity contribution in [3.05, 3.63) is 59.4 Å². The Balaban J connectivity index is 1.66. The van der Waals surface area contributed by atoms with Gasteiger partial charge in [0.05, 0.1) is 12.9 Å².